The summed E-state index contributed by atoms with van der Waals surface area (Å²) in [6, 6.07) is 7.09. The van der Waals surface area contributed by atoms with E-state index in [9.17, 15) is 5.11 Å². The third kappa shape index (κ3) is 3.83. The van der Waals surface area contributed by atoms with Crippen LogP contribution in [0.25, 0.3) is 0 Å². The number of hydrogen-bond acceptors (Lipinski definition) is 3. The lowest BCUT2D eigenvalue weighted by molar-refractivity contribution is 0.0323. The van der Waals surface area contributed by atoms with Crippen molar-refractivity contribution in [3.63, 3.8) is 0 Å². The van der Waals surface area contributed by atoms with E-state index in [4.69, 9.17) is 5.11 Å². The van der Waals surface area contributed by atoms with Gasteiger partial charge < -0.3 is 15.5 Å². The minimum Gasteiger partial charge on any atom is -0.508 e. The Labute approximate surface area is 97.1 Å². The molecule has 3 nitrogen and oxygen atoms in total. The van der Waals surface area contributed by atoms with Gasteiger partial charge >= 0.3 is 0 Å². The molecule has 0 atom stereocenters. The van der Waals surface area contributed by atoms with Crippen molar-refractivity contribution in [1.29, 1.82) is 0 Å². The molecule has 0 aliphatic carbocycles. The van der Waals surface area contributed by atoms with Gasteiger partial charge in [-0.1, -0.05) is 26.0 Å². The summed E-state index contributed by atoms with van der Waals surface area (Å²) in [6.45, 7) is 5.29. The Morgan fingerprint density at radius 1 is 1.12 bits per heavy atom. The molecule has 90 valence electrons. The van der Waals surface area contributed by atoms with Gasteiger partial charge in [0.15, 0.2) is 0 Å². The van der Waals surface area contributed by atoms with E-state index in [1.54, 1.807) is 12.1 Å². The van der Waals surface area contributed by atoms with E-state index in [1.807, 2.05) is 26.0 Å². The lowest BCUT2D eigenvalue weighted by Gasteiger charge is -2.25. The van der Waals surface area contributed by atoms with Crippen molar-refractivity contribution in [3.05, 3.63) is 29.8 Å². The van der Waals surface area contributed by atoms with Gasteiger partial charge in [-0.05, 0) is 30.5 Å². The van der Waals surface area contributed by atoms with Gasteiger partial charge in [0.25, 0.3) is 0 Å². The molecule has 3 heteroatoms. The number of nitrogens with one attached hydrogen (secondary N) is 1. The first-order chi connectivity index (χ1) is 7.59. The Balaban J connectivity index is 2.38. The van der Waals surface area contributed by atoms with Gasteiger partial charge in [-0.25, -0.2) is 0 Å². The van der Waals surface area contributed by atoms with Crippen LogP contribution in [-0.4, -0.2) is 22.4 Å². The molecule has 3 N–H and O–H groups in total. The Kier molecular flexibility index (Phi) is 4.77. The van der Waals surface area contributed by atoms with Crippen LogP contribution in [0.1, 0.15) is 32.3 Å². The molecule has 1 rings (SSSR count). The van der Waals surface area contributed by atoms with Crippen LogP contribution >= 0.6 is 0 Å². The molecule has 0 saturated carbocycles. The number of aromatic hydroxyl groups is 1. The van der Waals surface area contributed by atoms with Gasteiger partial charge in [0, 0.05) is 13.1 Å². The fourth-order valence-corrected chi connectivity index (χ4v) is 1.55. The lowest BCUT2D eigenvalue weighted by atomic mass is 9.97. The molecule has 0 spiro atoms. The quantitative estimate of drug-likeness (QED) is 0.691. The van der Waals surface area contributed by atoms with Crippen LogP contribution in [0.5, 0.6) is 5.75 Å². The highest BCUT2D eigenvalue weighted by molar-refractivity contribution is 5.25. The second-order valence-electron chi connectivity index (χ2n) is 4.20. The molecular weight excluding hydrogens is 202 g/mol. The molecule has 0 amide bonds. The molecule has 0 bridgehead atoms. The van der Waals surface area contributed by atoms with Crippen LogP contribution in [0.2, 0.25) is 0 Å². The van der Waals surface area contributed by atoms with Crippen molar-refractivity contribution in [3.8, 4) is 5.75 Å². The van der Waals surface area contributed by atoms with E-state index in [2.05, 4.69) is 5.32 Å². The van der Waals surface area contributed by atoms with E-state index in [0.717, 1.165) is 18.4 Å². The second-order valence-corrected chi connectivity index (χ2v) is 4.20. The number of benzene rings is 1. The minimum atomic E-state index is -0.600. The van der Waals surface area contributed by atoms with Gasteiger partial charge in [0.05, 0.1) is 5.60 Å². The predicted octanol–water partition coefficient (Wildman–Crippen LogP) is 2.03. The largest absolute Gasteiger partial charge is 0.508 e. The lowest BCUT2D eigenvalue weighted by Crippen LogP contribution is -2.39. The van der Waals surface area contributed by atoms with Crippen molar-refractivity contribution >= 4 is 0 Å². The molecule has 1 aromatic rings. The van der Waals surface area contributed by atoms with Crippen LogP contribution in [0.3, 0.4) is 0 Å². The maximum atomic E-state index is 10.0. The second kappa shape index (κ2) is 5.87. The highest BCUT2D eigenvalue weighted by Gasteiger charge is 2.20. The first-order valence-corrected chi connectivity index (χ1v) is 5.80. The number of hydrogen-bond donors (Lipinski definition) is 3. The molecule has 0 aromatic heterocycles. The van der Waals surface area contributed by atoms with E-state index >= 15 is 0 Å². The minimum absolute atomic E-state index is 0.280. The molecule has 1 aromatic carbocycles. The van der Waals surface area contributed by atoms with Crippen LogP contribution < -0.4 is 5.32 Å². The summed E-state index contributed by atoms with van der Waals surface area (Å²) in [5, 5.41) is 22.4. The Morgan fingerprint density at radius 3 is 2.19 bits per heavy atom. The zero-order valence-corrected chi connectivity index (χ0v) is 10.0. The topological polar surface area (TPSA) is 52.5 Å². The third-order valence-corrected chi connectivity index (χ3v) is 3.04. The predicted molar refractivity (Wildman–Crippen MR) is 65.3 cm³/mol. The fourth-order valence-electron chi connectivity index (χ4n) is 1.55. The molecule has 0 heterocycles. The first kappa shape index (κ1) is 13.0. The molecule has 16 heavy (non-hydrogen) atoms. The SMILES string of the molecule is CCC(O)(CC)CNCc1ccc(O)cc1. The zero-order valence-electron chi connectivity index (χ0n) is 10.0. The van der Waals surface area contributed by atoms with Gasteiger partial charge in [-0.15, -0.1) is 0 Å². The summed E-state index contributed by atoms with van der Waals surface area (Å²) < 4.78 is 0. The van der Waals surface area contributed by atoms with Gasteiger partial charge in [0.1, 0.15) is 5.75 Å². The van der Waals surface area contributed by atoms with E-state index in [0.29, 0.717) is 13.1 Å². The fraction of sp³-hybridized carbons (Fsp3) is 0.538. The average molecular weight is 223 g/mol. The van der Waals surface area contributed by atoms with E-state index in [1.165, 1.54) is 0 Å². The highest BCUT2D eigenvalue weighted by Crippen LogP contribution is 2.14. The van der Waals surface area contributed by atoms with Crippen molar-refractivity contribution in [1.82, 2.24) is 5.32 Å². The monoisotopic (exact) mass is 223 g/mol. The number of phenolic OH excluding ortho intramolecular Hbond substituents is 1. The van der Waals surface area contributed by atoms with E-state index in [-0.39, 0.29) is 5.75 Å². The maximum Gasteiger partial charge on any atom is 0.115 e. The molecule has 0 saturated heterocycles. The summed E-state index contributed by atoms with van der Waals surface area (Å²) in [5.74, 6) is 0.280. The molecule has 0 aliphatic rings. The molecule has 0 fully saturated rings. The Bertz CT molecular complexity index is 304. The molecule has 0 radical (unpaired) electrons. The van der Waals surface area contributed by atoms with Crippen LogP contribution in [0, 0.1) is 0 Å². The summed E-state index contributed by atoms with van der Waals surface area (Å²) >= 11 is 0. The van der Waals surface area contributed by atoms with Gasteiger partial charge in [-0.2, -0.15) is 0 Å². The maximum absolute atomic E-state index is 10.0. The normalized spacial score (nSPS) is 11.7. The smallest absolute Gasteiger partial charge is 0.115 e. The van der Waals surface area contributed by atoms with E-state index < -0.39 is 5.60 Å². The molecule has 0 unspecified atom stereocenters. The summed E-state index contributed by atoms with van der Waals surface area (Å²) in [7, 11) is 0. The van der Waals surface area contributed by atoms with Crippen LogP contribution in [-0.2, 0) is 6.54 Å². The summed E-state index contributed by atoms with van der Waals surface area (Å²) in [4.78, 5) is 0. The van der Waals surface area contributed by atoms with Crippen molar-refractivity contribution in [2.45, 2.75) is 38.8 Å². The highest BCUT2D eigenvalue weighted by atomic mass is 16.3. The summed E-state index contributed by atoms with van der Waals surface area (Å²) in [5.41, 5.74) is 0.504. The van der Waals surface area contributed by atoms with Crippen molar-refractivity contribution in [2.24, 2.45) is 0 Å². The van der Waals surface area contributed by atoms with Crippen LogP contribution in [0.15, 0.2) is 24.3 Å². The number of phenols is 1. The standard InChI is InChI=1S/C13H21NO2/c1-3-13(16,4-2)10-14-9-11-5-7-12(15)8-6-11/h5-8,14-16H,3-4,9-10H2,1-2H3. The number of rotatable bonds is 6. The Morgan fingerprint density at radius 2 is 1.69 bits per heavy atom. The summed E-state index contributed by atoms with van der Waals surface area (Å²) in [6.07, 6.45) is 1.51. The molecular formula is C13H21NO2. The van der Waals surface area contributed by atoms with Crippen LogP contribution in [0.4, 0.5) is 0 Å². The van der Waals surface area contributed by atoms with Crippen molar-refractivity contribution in [2.75, 3.05) is 6.54 Å². The molecule has 0 aliphatic heterocycles. The Hall–Kier alpha value is -1.06. The number of aliphatic hydroxyl groups is 1. The third-order valence-electron chi connectivity index (χ3n) is 3.04. The zero-order chi connectivity index (χ0) is 12.0. The van der Waals surface area contributed by atoms with Gasteiger partial charge in [-0.3, -0.25) is 0 Å². The average Bonchev–Trinajstić information content (AvgIpc) is 2.31. The van der Waals surface area contributed by atoms with Crippen molar-refractivity contribution < 1.29 is 10.2 Å². The first-order valence-electron chi connectivity index (χ1n) is 5.80. The van der Waals surface area contributed by atoms with Gasteiger partial charge in [0.2, 0.25) is 0 Å².